The molecule has 0 aliphatic carbocycles. The van der Waals surface area contributed by atoms with E-state index in [1.807, 2.05) is 0 Å². The van der Waals surface area contributed by atoms with Crippen LogP contribution in [0.4, 0.5) is 0 Å². The summed E-state index contributed by atoms with van der Waals surface area (Å²) in [5.41, 5.74) is 2.80. The predicted octanol–water partition coefficient (Wildman–Crippen LogP) is 12.4. The highest BCUT2D eigenvalue weighted by molar-refractivity contribution is 5.08. The number of unbranched alkanes of at least 4 members (excludes halogenated alkanes) is 14. The van der Waals surface area contributed by atoms with E-state index in [9.17, 15) is 0 Å². The van der Waals surface area contributed by atoms with Gasteiger partial charge in [0.1, 0.15) is 0 Å². The molecule has 0 fully saturated rings. The van der Waals surface area contributed by atoms with Crippen molar-refractivity contribution < 1.29 is 9.47 Å². The van der Waals surface area contributed by atoms with E-state index in [1.54, 1.807) is 0 Å². The molecule has 0 saturated heterocycles. The van der Waals surface area contributed by atoms with Crippen LogP contribution < -0.4 is 0 Å². The molecular formula is C36H70O2. The zero-order chi connectivity index (χ0) is 28.3. The summed E-state index contributed by atoms with van der Waals surface area (Å²) in [5.74, 6) is 1.72. The van der Waals surface area contributed by atoms with Crippen LogP contribution in [0.2, 0.25) is 0 Å². The molecule has 0 rings (SSSR count). The van der Waals surface area contributed by atoms with E-state index in [2.05, 4.69) is 60.6 Å². The molecule has 226 valence electrons. The van der Waals surface area contributed by atoms with E-state index in [4.69, 9.17) is 9.47 Å². The highest BCUT2D eigenvalue weighted by atomic mass is 16.7. The van der Waals surface area contributed by atoms with Crippen LogP contribution in [-0.4, -0.2) is 19.5 Å². The van der Waals surface area contributed by atoms with Gasteiger partial charge >= 0.3 is 0 Å². The number of hydrogen-bond acceptors (Lipinski definition) is 2. The molecule has 0 heterocycles. The molecule has 0 amide bonds. The monoisotopic (exact) mass is 535 g/mol. The third kappa shape index (κ3) is 28.4. The van der Waals surface area contributed by atoms with Crippen LogP contribution in [0.5, 0.6) is 0 Å². The molecule has 0 atom stereocenters. The van der Waals surface area contributed by atoms with Crippen molar-refractivity contribution in [1.29, 1.82) is 0 Å². The van der Waals surface area contributed by atoms with Crippen LogP contribution in [0.15, 0.2) is 23.3 Å². The Balaban J connectivity index is 4.06. The fourth-order valence-corrected chi connectivity index (χ4v) is 4.83. The van der Waals surface area contributed by atoms with Crippen LogP contribution in [-0.2, 0) is 9.47 Å². The van der Waals surface area contributed by atoms with E-state index in [1.165, 1.54) is 114 Å². The van der Waals surface area contributed by atoms with Gasteiger partial charge in [-0.25, -0.2) is 0 Å². The molecule has 0 aromatic carbocycles. The van der Waals surface area contributed by atoms with Gasteiger partial charge in [-0.2, -0.15) is 0 Å². The first-order chi connectivity index (χ1) is 18.3. The second-order valence-electron chi connectivity index (χ2n) is 12.8. The van der Waals surface area contributed by atoms with Crippen LogP contribution >= 0.6 is 0 Å². The van der Waals surface area contributed by atoms with E-state index in [0.717, 1.165) is 50.7 Å². The summed E-state index contributed by atoms with van der Waals surface area (Å²) in [6.45, 7) is 17.5. The zero-order valence-electron chi connectivity index (χ0n) is 27.3. The van der Waals surface area contributed by atoms with Gasteiger partial charge in [0, 0.05) is 19.6 Å². The molecule has 0 unspecified atom stereocenters. The summed E-state index contributed by atoms with van der Waals surface area (Å²) < 4.78 is 12.5. The van der Waals surface area contributed by atoms with Crippen molar-refractivity contribution in [2.75, 3.05) is 13.2 Å². The first kappa shape index (κ1) is 37.4. The number of allylic oxidation sites excluding steroid dienone is 3. The lowest BCUT2D eigenvalue weighted by molar-refractivity contribution is -0.142. The van der Waals surface area contributed by atoms with Crippen LogP contribution in [0, 0.1) is 11.8 Å². The van der Waals surface area contributed by atoms with Crippen molar-refractivity contribution in [3.63, 3.8) is 0 Å². The summed E-state index contributed by atoms with van der Waals surface area (Å²) in [7, 11) is 0. The minimum atomic E-state index is -0.0842. The summed E-state index contributed by atoms with van der Waals surface area (Å²) in [4.78, 5) is 0. The topological polar surface area (TPSA) is 18.5 Å². The molecule has 38 heavy (non-hydrogen) atoms. The van der Waals surface area contributed by atoms with Crippen LogP contribution in [0.1, 0.15) is 177 Å². The highest BCUT2D eigenvalue weighted by Crippen LogP contribution is 2.17. The lowest BCUT2D eigenvalue weighted by Gasteiger charge is -2.19. The van der Waals surface area contributed by atoms with E-state index in [0.29, 0.717) is 0 Å². The molecule has 0 aliphatic heterocycles. The van der Waals surface area contributed by atoms with Crippen molar-refractivity contribution in [2.24, 2.45) is 11.8 Å². The van der Waals surface area contributed by atoms with Crippen LogP contribution in [0.25, 0.3) is 0 Å². The van der Waals surface area contributed by atoms with Gasteiger partial charge in [0.05, 0.1) is 0 Å². The maximum absolute atomic E-state index is 6.25. The Morgan fingerprint density at radius 1 is 0.526 bits per heavy atom. The summed E-state index contributed by atoms with van der Waals surface area (Å²) in [6, 6.07) is 0. The molecule has 2 heteroatoms. The molecule has 0 spiro atoms. The Kier molecular flexibility index (Phi) is 27.5. The van der Waals surface area contributed by atoms with Crippen molar-refractivity contribution in [3.8, 4) is 0 Å². The maximum atomic E-state index is 6.25. The van der Waals surface area contributed by atoms with Gasteiger partial charge in [-0.1, -0.05) is 154 Å². The first-order valence-corrected chi connectivity index (χ1v) is 16.9. The minimum Gasteiger partial charge on any atom is -0.352 e. The largest absolute Gasteiger partial charge is 0.352 e. The third-order valence-electron chi connectivity index (χ3n) is 7.71. The Bertz CT molecular complexity index is 516. The lowest BCUT2D eigenvalue weighted by Crippen LogP contribution is -2.19. The molecule has 0 aromatic rings. The fourth-order valence-electron chi connectivity index (χ4n) is 4.83. The second-order valence-corrected chi connectivity index (χ2v) is 12.8. The SMILES string of the molecule is CC=C(C)CC=C(C)CC(OCCCCCCCCCCC(C)C)OCCCCCCCCCCC(C)C. The Morgan fingerprint density at radius 2 is 0.895 bits per heavy atom. The molecule has 2 nitrogen and oxygen atoms in total. The molecule has 0 saturated carbocycles. The molecule has 0 N–H and O–H groups in total. The Labute approximate surface area is 240 Å². The normalized spacial score (nSPS) is 13.0. The number of ether oxygens (including phenoxy) is 2. The van der Waals surface area contributed by atoms with Crippen LogP contribution in [0.3, 0.4) is 0 Å². The van der Waals surface area contributed by atoms with E-state index < -0.39 is 0 Å². The average molecular weight is 535 g/mol. The van der Waals surface area contributed by atoms with Gasteiger partial charge in [0.25, 0.3) is 0 Å². The predicted molar refractivity (Wildman–Crippen MR) is 171 cm³/mol. The first-order valence-electron chi connectivity index (χ1n) is 16.9. The van der Waals surface area contributed by atoms with E-state index >= 15 is 0 Å². The quantitative estimate of drug-likeness (QED) is 0.0564. The van der Waals surface area contributed by atoms with Gasteiger partial charge in [-0.3, -0.25) is 0 Å². The molecule has 0 bridgehead atoms. The highest BCUT2D eigenvalue weighted by Gasteiger charge is 2.10. The molecule has 0 aromatic heterocycles. The van der Waals surface area contributed by atoms with Gasteiger partial charge < -0.3 is 9.47 Å². The zero-order valence-corrected chi connectivity index (χ0v) is 27.3. The fraction of sp³-hybridized carbons (Fsp3) is 0.889. The summed E-state index contributed by atoms with van der Waals surface area (Å²) in [6.07, 6.45) is 30.8. The number of hydrogen-bond donors (Lipinski definition) is 0. The number of rotatable bonds is 28. The smallest absolute Gasteiger partial charge is 0.161 e. The van der Waals surface area contributed by atoms with Crippen molar-refractivity contribution in [3.05, 3.63) is 23.3 Å². The Hall–Kier alpha value is -0.600. The summed E-state index contributed by atoms with van der Waals surface area (Å²) in [5, 5.41) is 0. The average Bonchev–Trinajstić information content (AvgIpc) is 2.88. The summed E-state index contributed by atoms with van der Waals surface area (Å²) >= 11 is 0. The Morgan fingerprint density at radius 3 is 1.26 bits per heavy atom. The lowest BCUT2D eigenvalue weighted by atomic mass is 10.0. The van der Waals surface area contributed by atoms with Gasteiger partial charge in [-0.15, -0.1) is 0 Å². The molecule has 0 radical (unpaired) electrons. The third-order valence-corrected chi connectivity index (χ3v) is 7.71. The standard InChI is InChI=1S/C36H70O2/c1-8-34(6)27-28-35(7)31-36(37-29-23-19-15-11-9-13-17-21-25-32(2)3)38-30-24-20-16-12-10-14-18-22-26-33(4)5/h8,28,32-33,36H,9-27,29-31H2,1-7H3. The van der Waals surface area contributed by atoms with Gasteiger partial charge in [0.15, 0.2) is 6.29 Å². The maximum Gasteiger partial charge on any atom is 0.161 e. The van der Waals surface area contributed by atoms with Crippen molar-refractivity contribution in [2.45, 2.75) is 183 Å². The van der Waals surface area contributed by atoms with E-state index in [-0.39, 0.29) is 6.29 Å². The minimum absolute atomic E-state index is 0.0842. The van der Waals surface area contributed by atoms with Gasteiger partial charge in [-0.05, 0) is 51.9 Å². The second kappa shape index (κ2) is 27.9. The van der Waals surface area contributed by atoms with Crippen molar-refractivity contribution in [1.82, 2.24) is 0 Å². The molecule has 0 aliphatic rings. The van der Waals surface area contributed by atoms with Crippen molar-refractivity contribution >= 4 is 0 Å². The van der Waals surface area contributed by atoms with Gasteiger partial charge in [0.2, 0.25) is 0 Å². The molecular weight excluding hydrogens is 464 g/mol.